The van der Waals surface area contributed by atoms with Crippen molar-refractivity contribution in [1.82, 2.24) is 4.31 Å². The Hall–Kier alpha value is -0.920. The minimum absolute atomic E-state index is 0.109. The van der Waals surface area contributed by atoms with Crippen LogP contribution in [0.4, 0.5) is 0 Å². The van der Waals surface area contributed by atoms with E-state index in [9.17, 15) is 13.2 Å². The molecule has 0 spiro atoms. The molecule has 1 aliphatic rings. The van der Waals surface area contributed by atoms with Crippen molar-refractivity contribution in [2.75, 3.05) is 6.54 Å². The van der Waals surface area contributed by atoms with Gasteiger partial charge in [-0.1, -0.05) is 12.1 Å². The van der Waals surface area contributed by atoms with Gasteiger partial charge in [-0.25, -0.2) is 8.42 Å². The smallest absolute Gasteiger partial charge is 0.318 e. The molecule has 98 valence electrons. The van der Waals surface area contributed by atoms with E-state index in [1.165, 1.54) is 6.07 Å². The van der Waals surface area contributed by atoms with Crippen LogP contribution in [0.15, 0.2) is 33.6 Å². The molecule has 0 heterocycles. The Bertz CT molecular complexity index is 568. The number of benzene rings is 1. The topological polar surface area (TPSA) is 74.7 Å². The number of hydrogen-bond donors (Lipinski definition) is 1. The molecular weight excluding hydrogens is 322 g/mol. The Balaban J connectivity index is 2.39. The average Bonchev–Trinajstić information content (AvgIpc) is 3.09. The summed E-state index contributed by atoms with van der Waals surface area (Å²) in [5.74, 6) is -1.14. The quantitative estimate of drug-likeness (QED) is 0.889. The van der Waals surface area contributed by atoms with Crippen molar-refractivity contribution in [3.8, 4) is 0 Å². The van der Waals surface area contributed by atoms with Gasteiger partial charge in [0, 0.05) is 10.5 Å². The number of carboxylic acids is 1. The molecule has 0 aliphatic heterocycles. The summed E-state index contributed by atoms with van der Waals surface area (Å²) in [5.41, 5.74) is 0. The van der Waals surface area contributed by atoms with E-state index < -0.39 is 22.5 Å². The van der Waals surface area contributed by atoms with Crippen LogP contribution in [0, 0.1) is 0 Å². The largest absolute Gasteiger partial charge is 0.480 e. The maximum Gasteiger partial charge on any atom is 0.318 e. The molecule has 0 bridgehead atoms. The van der Waals surface area contributed by atoms with Crippen molar-refractivity contribution in [2.45, 2.75) is 23.8 Å². The lowest BCUT2D eigenvalue weighted by atomic mass is 10.4. The van der Waals surface area contributed by atoms with Crippen LogP contribution in [0.3, 0.4) is 0 Å². The third-order valence-electron chi connectivity index (χ3n) is 2.67. The van der Waals surface area contributed by atoms with Crippen LogP contribution in [-0.4, -0.2) is 36.4 Å². The molecule has 0 aromatic heterocycles. The second kappa shape index (κ2) is 4.99. The molecule has 1 aromatic carbocycles. The summed E-state index contributed by atoms with van der Waals surface area (Å²) < 4.78 is 26.3. The monoisotopic (exact) mass is 333 g/mol. The highest BCUT2D eigenvalue weighted by atomic mass is 79.9. The van der Waals surface area contributed by atoms with Gasteiger partial charge in [0.1, 0.15) is 6.54 Å². The number of aliphatic carboxylic acids is 1. The first-order chi connectivity index (χ1) is 8.43. The molecule has 2 rings (SSSR count). The van der Waals surface area contributed by atoms with E-state index in [0.717, 1.165) is 17.1 Å². The van der Waals surface area contributed by atoms with Crippen molar-refractivity contribution in [1.29, 1.82) is 0 Å². The number of carbonyl (C=O) groups is 1. The third kappa shape index (κ3) is 2.73. The van der Waals surface area contributed by atoms with Crippen molar-refractivity contribution in [3.05, 3.63) is 28.7 Å². The highest BCUT2D eigenvalue weighted by molar-refractivity contribution is 9.10. The lowest BCUT2D eigenvalue weighted by Gasteiger charge is -2.20. The number of halogens is 1. The van der Waals surface area contributed by atoms with E-state index in [1.807, 2.05) is 0 Å². The maximum absolute atomic E-state index is 12.4. The van der Waals surface area contributed by atoms with Crippen molar-refractivity contribution >= 4 is 31.9 Å². The highest BCUT2D eigenvalue weighted by Gasteiger charge is 2.39. The fourth-order valence-electron chi connectivity index (χ4n) is 1.69. The normalized spacial score (nSPS) is 15.9. The summed E-state index contributed by atoms with van der Waals surface area (Å²) in [4.78, 5) is 10.9. The zero-order valence-corrected chi connectivity index (χ0v) is 11.8. The molecule has 7 heteroatoms. The number of carboxylic acid groups (broad SMARTS) is 1. The highest BCUT2D eigenvalue weighted by Crippen LogP contribution is 2.33. The predicted molar refractivity (Wildman–Crippen MR) is 68.7 cm³/mol. The molecule has 1 aromatic rings. The van der Waals surface area contributed by atoms with Gasteiger partial charge in [0.2, 0.25) is 10.0 Å². The summed E-state index contributed by atoms with van der Waals surface area (Å²) in [6.45, 7) is -0.492. The number of hydrogen-bond acceptors (Lipinski definition) is 3. The average molecular weight is 334 g/mol. The fourth-order valence-corrected chi connectivity index (χ4v) is 4.29. The molecule has 5 nitrogen and oxygen atoms in total. The molecule has 0 unspecified atom stereocenters. The van der Waals surface area contributed by atoms with Gasteiger partial charge in [-0.2, -0.15) is 4.31 Å². The molecule has 1 aliphatic carbocycles. The van der Waals surface area contributed by atoms with Gasteiger partial charge in [0.15, 0.2) is 0 Å². The molecule has 0 saturated heterocycles. The van der Waals surface area contributed by atoms with Crippen molar-refractivity contribution in [2.24, 2.45) is 0 Å². The third-order valence-corrected chi connectivity index (χ3v) is 5.58. The van der Waals surface area contributed by atoms with Gasteiger partial charge in [-0.15, -0.1) is 0 Å². The van der Waals surface area contributed by atoms with Crippen molar-refractivity contribution in [3.63, 3.8) is 0 Å². The molecule has 1 saturated carbocycles. The van der Waals surface area contributed by atoms with Gasteiger partial charge in [-0.05, 0) is 40.9 Å². The van der Waals surface area contributed by atoms with Crippen LogP contribution in [0.1, 0.15) is 12.8 Å². The molecule has 0 amide bonds. The van der Waals surface area contributed by atoms with Crippen LogP contribution in [0.25, 0.3) is 0 Å². The second-order valence-electron chi connectivity index (χ2n) is 4.11. The first-order valence-corrected chi connectivity index (χ1v) is 7.64. The van der Waals surface area contributed by atoms with E-state index in [0.29, 0.717) is 4.47 Å². The zero-order chi connectivity index (χ0) is 13.3. The molecule has 0 radical (unpaired) electrons. The Morgan fingerprint density at radius 3 is 2.50 bits per heavy atom. The minimum Gasteiger partial charge on any atom is -0.480 e. The number of rotatable bonds is 5. The Labute approximate surface area is 114 Å². The Morgan fingerprint density at radius 2 is 2.00 bits per heavy atom. The van der Waals surface area contributed by atoms with Crippen LogP contribution in [0.2, 0.25) is 0 Å². The summed E-state index contributed by atoms with van der Waals surface area (Å²) in [7, 11) is -3.76. The van der Waals surface area contributed by atoms with Gasteiger partial charge in [0.05, 0.1) is 4.90 Å². The minimum atomic E-state index is -3.76. The first-order valence-electron chi connectivity index (χ1n) is 5.41. The van der Waals surface area contributed by atoms with E-state index in [4.69, 9.17) is 5.11 Å². The second-order valence-corrected chi connectivity index (χ2v) is 6.82. The van der Waals surface area contributed by atoms with Gasteiger partial charge < -0.3 is 5.11 Å². The number of sulfonamides is 1. The van der Waals surface area contributed by atoms with E-state index in [-0.39, 0.29) is 10.9 Å². The Morgan fingerprint density at radius 1 is 1.39 bits per heavy atom. The molecule has 18 heavy (non-hydrogen) atoms. The number of nitrogens with zero attached hydrogens (tertiary/aromatic N) is 1. The van der Waals surface area contributed by atoms with E-state index >= 15 is 0 Å². The maximum atomic E-state index is 12.4. The lowest BCUT2D eigenvalue weighted by molar-refractivity contribution is -0.137. The van der Waals surface area contributed by atoms with Crippen LogP contribution >= 0.6 is 15.9 Å². The summed E-state index contributed by atoms with van der Waals surface area (Å²) in [5, 5.41) is 8.82. The summed E-state index contributed by atoms with van der Waals surface area (Å²) >= 11 is 3.18. The van der Waals surface area contributed by atoms with Gasteiger partial charge in [0.25, 0.3) is 0 Å². The van der Waals surface area contributed by atoms with Crippen LogP contribution in [0.5, 0.6) is 0 Å². The van der Waals surface area contributed by atoms with Crippen LogP contribution < -0.4 is 0 Å². The van der Waals surface area contributed by atoms with E-state index in [2.05, 4.69) is 15.9 Å². The lowest BCUT2D eigenvalue weighted by Crippen LogP contribution is -2.37. The summed E-state index contributed by atoms with van der Waals surface area (Å²) in [6.07, 6.45) is 1.44. The SMILES string of the molecule is O=C(O)CN(C1CC1)S(=O)(=O)c1ccccc1Br. The first kappa shape index (κ1) is 13.5. The molecular formula is C11H12BrNO4S. The summed E-state index contributed by atoms with van der Waals surface area (Å²) in [6, 6.07) is 6.24. The van der Waals surface area contributed by atoms with Crippen molar-refractivity contribution < 1.29 is 18.3 Å². The molecule has 1 fully saturated rings. The zero-order valence-electron chi connectivity index (χ0n) is 9.41. The van der Waals surface area contributed by atoms with Crippen LogP contribution in [-0.2, 0) is 14.8 Å². The fraction of sp³-hybridized carbons (Fsp3) is 0.364. The van der Waals surface area contributed by atoms with Gasteiger partial charge in [-0.3, -0.25) is 4.79 Å². The molecule has 0 atom stereocenters. The Kier molecular flexibility index (Phi) is 3.74. The molecule has 1 N–H and O–H groups in total. The van der Waals surface area contributed by atoms with Gasteiger partial charge >= 0.3 is 5.97 Å². The predicted octanol–water partition coefficient (Wildman–Crippen LogP) is 1.69. The standard InChI is InChI=1S/C11H12BrNO4S/c12-9-3-1-2-4-10(9)18(16,17)13(7-11(14)15)8-5-6-8/h1-4,8H,5-7H2,(H,14,15). The van der Waals surface area contributed by atoms with E-state index in [1.54, 1.807) is 18.2 Å².